The molecule has 110 valence electrons. The van der Waals surface area contributed by atoms with Crippen LogP contribution in [-0.4, -0.2) is 31.1 Å². The Morgan fingerprint density at radius 3 is 2.85 bits per heavy atom. The molecule has 1 amide bonds. The molecule has 1 heterocycles. The van der Waals surface area contributed by atoms with Gasteiger partial charge in [0.1, 0.15) is 5.75 Å². The van der Waals surface area contributed by atoms with Gasteiger partial charge in [-0.3, -0.25) is 4.79 Å². The summed E-state index contributed by atoms with van der Waals surface area (Å²) in [6.45, 7) is 4.19. The van der Waals surface area contributed by atoms with Crippen LogP contribution in [0, 0.1) is 0 Å². The van der Waals surface area contributed by atoms with E-state index in [0.29, 0.717) is 13.2 Å². The van der Waals surface area contributed by atoms with Crippen LogP contribution in [0.15, 0.2) is 30.3 Å². The second kappa shape index (κ2) is 7.29. The van der Waals surface area contributed by atoms with Crippen molar-refractivity contribution in [3.63, 3.8) is 0 Å². The molecule has 0 spiro atoms. The van der Waals surface area contributed by atoms with Crippen molar-refractivity contribution in [1.82, 2.24) is 10.6 Å². The van der Waals surface area contributed by atoms with Gasteiger partial charge < -0.3 is 15.4 Å². The largest absolute Gasteiger partial charge is 0.494 e. The molecule has 4 heteroatoms. The third-order valence-corrected chi connectivity index (χ3v) is 3.74. The van der Waals surface area contributed by atoms with Gasteiger partial charge in [-0.1, -0.05) is 18.2 Å². The van der Waals surface area contributed by atoms with E-state index in [4.69, 9.17) is 4.74 Å². The number of rotatable bonds is 6. The normalized spacial score (nSPS) is 22.2. The Hall–Kier alpha value is -1.55. The average molecular weight is 276 g/mol. The number of carbonyl (C=O) groups is 1. The predicted octanol–water partition coefficient (Wildman–Crippen LogP) is 2.10. The van der Waals surface area contributed by atoms with Crippen molar-refractivity contribution in [2.75, 3.05) is 19.7 Å². The Labute approximate surface area is 120 Å². The van der Waals surface area contributed by atoms with Crippen molar-refractivity contribution in [2.24, 2.45) is 0 Å². The van der Waals surface area contributed by atoms with Gasteiger partial charge in [-0.25, -0.2) is 0 Å². The van der Waals surface area contributed by atoms with Crippen LogP contribution in [0.2, 0.25) is 0 Å². The first-order valence-electron chi connectivity index (χ1n) is 7.42. The standard InChI is InChI=1S/C16H24N2O2/c1-16(10-5-6-12-18-16)15(19)17-11-7-13-20-14-8-3-2-4-9-14/h2-4,8-9,18H,5-7,10-13H2,1H3,(H,17,19). The van der Waals surface area contributed by atoms with Crippen molar-refractivity contribution in [2.45, 2.75) is 38.1 Å². The summed E-state index contributed by atoms with van der Waals surface area (Å²) in [5, 5.41) is 6.32. The zero-order chi connectivity index (χ0) is 14.3. The van der Waals surface area contributed by atoms with Crippen LogP contribution in [0.1, 0.15) is 32.6 Å². The molecule has 1 aliphatic heterocycles. The monoisotopic (exact) mass is 276 g/mol. The van der Waals surface area contributed by atoms with E-state index in [9.17, 15) is 4.79 Å². The van der Waals surface area contributed by atoms with Gasteiger partial charge in [0.05, 0.1) is 12.1 Å². The maximum absolute atomic E-state index is 12.1. The number of carbonyl (C=O) groups excluding carboxylic acids is 1. The molecule has 1 fully saturated rings. The zero-order valence-corrected chi connectivity index (χ0v) is 12.2. The van der Waals surface area contributed by atoms with Gasteiger partial charge in [0.25, 0.3) is 0 Å². The van der Waals surface area contributed by atoms with Gasteiger partial charge in [0, 0.05) is 6.54 Å². The summed E-state index contributed by atoms with van der Waals surface area (Å²) in [5.41, 5.74) is -0.390. The number of hydrogen-bond acceptors (Lipinski definition) is 3. The molecule has 1 aromatic carbocycles. The Morgan fingerprint density at radius 1 is 1.35 bits per heavy atom. The number of para-hydroxylation sites is 1. The Morgan fingerprint density at radius 2 is 2.15 bits per heavy atom. The number of amides is 1. The van der Waals surface area contributed by atoms with Crippen LogP contribution >= 0.6 is 0 Å². The van der Waals surface area contributed by atoms with Gasteiger partial charge >= 0.3 is 0 Å². The van der Waals surface area contributed by atoms with Crippen LogP contribution in [0.4, 0.5) is 0 Å². The highest BCUT2D eigenvalue weighted by molar-refractivity contribution is 5.85. The van der Waals surface area contributed by atoms with E-state index >= 15 is 0 Å². The Bertz CT molecular complexity index is 414. The van der Waals surface area contributed by atoms with E-state index < -0.39 is 5.54 Å². The lowest BCUT2D eigenvalue weighted by Gasteiger charge is -2.33. The minimum absolute atomic E-state index is 0.108. The molecular formula is C16H24N2O2. The second-order valence-corrected chi connectivity index (χ2v) is 5.49. The molecule has 2 rings (SSSR count). The molecule has 1 saturated heterocycles. The summed E-state index contributed by atoms with van der Waals surface area (Å²) in [6, 6.07) is 9.74. The molecule has 0 saturated carbocycles. The molecule has 2 N–H and O–H groups in total. The van der Waals surface area contributed by atoms with Crippen LogP contribution < -0.4 is 15.4 Å². The molecule has 1 aliphatic rings. The molecule has 4 nitrogen and oxygen atoms in total. The predicted molar refractivity (Wildman–Crippen MR) is 79.8 cm³/mol. The Kier molecular flexibility index (Phi) is 5.41. The third-order valence-electron chi connectivity index (χ3n) is 3.74. The first-order chi connectivity index (χ1) is 9.71. The summed E-state index contributed by atoms with van der Waals surface area (Å²) in [7, 11) is 0. The SMILES string of the molecule is CC1(C(=O)NCCCOc2ccccc2)CCCCN1. The quantitative estimate of drug-likeness (QED) is 0.782. The van der Waals surface area contributed by atoms with Gasteiger partial charge in [-0.2, -0.15) is 0 Å². The number of piperidine rings is 1. The van der Waals surface area contributed by atoms with E-state index in [1.165, 1.54) is 0 Å². The topological polar surface area (TPSA) is 50.4 Å². The fraction of sp³-hybridized carbons (Fsp3) is 0.562. The fourth-order valence-electron chi connectivity index (χ4n) is 2.43. The van der Waals surface area contributed by atoms with Crippen molar-refractivity contribution < 1.29 is 9.53 Å². The molecular weight excluding hydrogens is 252 g/mol. The first kappa shape index (κ1) is 14.9. The number of hydrogen-bond donors (Lipinski definition) is 2. The van der Waals surface area contributed by atoms with Gasteiger partial charge in [-0.05, 0) is 51.3 Å². The summed E-state index contributed by atoms with van der Waals surface area (Å²) in [4.78, 5) is 12.1. The highest BCUT2D eigenvalue weighted by atomic mass is 16.5. The van der Waals surface area contributed by atoms with Crippen LogP contribution in [0.5, 0.6) is 5.75 Å². The highest BCUT2D eigenvalue weighted by Gasteiger charge is 2.33. The third kappa shape index (κ3) is 4.23. The van der Waals surface area contributed by atoms with Crippen LogP contribution in [0.25, 0.3) is 0 Å². The van der Waals surface area contributed by atoms with Gasteiger partial charge in [0.15, 0.2) is 0 Å². The van der Waals surface area contributed by atoms with E-state index in [1.54, 1.807) is 0 Å². The lowest BCUT2D eigenvalue weighted by molar-refractivity contribution is -0.127. The maximum Gasteiger partial charge on any atom is 0.240 e. The molecule has 0 radical (unpaired) electrons. The van der Waals surface area contributed by atoms with Gasteiger partial charge in [0.2, 0.25) is 5.91 Å². The smallest absolute Gasteiger partial charge is 0.240 e. The van der Waals surface area contributed by atoms with E-state index in [0.717, 1.165) is 38.0 Å². The molecule has 1 atom stereocenters. The molecule has 0 aromatic heterocycles. The summed E-state index contributed by atoms with van der Waals surface area (Å²) in [5.74, 6) is 0.983. The van der Waals surface area contributed by atoms with E-state index in [2.05, 4.69) is 10.6 Å². The zero-order valence-electron chi connectivity index (χ0n) is 12.2. The maximum atomic E-state index is 12.1. The number of nitrogens with one attached hydrogen (secondary N) is 2. The van der Waals surface area contributed by atoms with Gasteiger partial charge in [-0.15, -0.1) is 0 Å². The lowest BCUT2D eigenvalue weighted by Crippen LogP contribution is -2.57. The molecule has 1 aromatic rings. The number of ether oxygens (including phenoxy) is 1. The first-order valence-corrected chi connectivity index (χ1v) is 7.42. The van der Waals surface area contributed by atoms with Crippen LogP contribution in [-0.2, 0) is 4.79 Å². The molecule has 1 unspecified atom stereocenters. The average Bonchev–Trinajstić information content (AvgIpc) is 2.48. The number of benzene rings is 1. The minimum atomic E-state index is -0.390. The van der Waals surface area contributed by atoms with E-state index in [-0.39, 0.29) is 5.91 Å². The highest BCUT2D eigenvalue weighted by Crippen LogP contribution is 2.18. The Balaban J connectivity index is 1.62. The summed E-state index contributed by atoms with van der Waals surface area (Å²) in [6.07, 6.45) is 4.01. The fourth-order valence-corrected chi connectivity index (χ4v) is 2.43. The summed E-state index contributed by atoms with van der Waals surface area (Å²) < 4.78 is 5.59. The summed E-state index contributed by atoms with van der Waals surface area (Å²) >= 11 is 0. The van der Waals surface area contributed by atoms with Crippen molar-refractivity contribution >= 4 is 5.91 Å². The van der Waals surface area contributed by atoms with Crippen molar-refractivity contribution in [1.29, 1.82) is 0 Å². The lowest BCUT2D eigenvalue weighted by atomic mass is 9.90. The second-order valence-electron chi connectivity index (χ2n) is 5.49. The minimum Gasteiger partial charge on any atom is -0.494 e. The molecule has 0 bridgehead atoms. The van der Waals surface area contributed by atoms with Crippen molar-refractivity contribution in [3.05, 3.63) is 30.3 Å². The molecule has 0 aliphatic carbocycles. The van der Waals surface area contributed by atoms with Crippen molar-refractivity contribution in [3.8, 4) is 5.75 Å². The van der Waals surface area contributed by atoms with E-state index in [1.807, 2.05) is 37.3 Å². The molecule has 20 heavy (non-hydrogen) atoms. The van der Waals surface area contributed by atoms with Crippen LogP contribution in [0.3, 0.4) is 0 Å².